The van der Waals surface area contributed by atoms with E-state index >= 15 is 0 Å². The highest BCUT2D eigenvalue weighted by atomic mass is 31.2. The minimum atomic E-state index is -4.72. The van der Waals surface area contributed by atoms with E-state index in [0.717, 1.165) is 64.2 Å². The Labute approximate surface area is 365 Å². The zero-order valence-corrected chi connectivity index (χ0v) is 38.9. The summed E-state index contributed by atoms with van der Waals surface area (Å²) in [5, 5.41) is 8.91. The van der Waals surface area contributed by atoms with Crippen LogP contribution in [0.15, 0.2) is 36.5 Å². The van der Waals surface area contributed by atoms with Crippen molar-refractivity contribution in [3.8, 4) is 0 Å². The second-order valence-corrected chi connectivity index (χ2v) is 17.7. The van der Waals surface area contributed by atoms with Gasteiger partial charge in [0.1, 0.15) is 12.6 Å². The van der Waals surface area contributed by atoms with Gasteiger partial charge in [0, 0.05) is 12.8 Å². The Morgan fingerprint density at radius 2 is 0.883 bits per heavy atom. The van der Waals surface area contributed by atoms with E-state index < -0.39 is 51.1 Å². The maximum absolute atomic E-state index is 12.7. The number of carboxylic acid groups (broad SMARTS) is 1. The van der Waals surface area contributed by atoms with Gasteiger partial charge < -0.3 is 25.2 Å². The molecule has 0 radical (unpaired) electrons. The fourth-order valence-electron chi connectivity index (χ4n) is 6.56. The van der Waals surface area contributed by atoms with Gasteiger partial charge >= 0.3 is 25.7 Å². The highest BCUT2D eigenvalue weighted by Crippen LogP contribution is 2.43. The summed E-state index contributed by atoms with van der Waals surface area (Å²) in [5.41, 5.74) is 5.34. The van der Waals surface area contributed by atoms with Crippen LogP contribution in [0, 0.1) is 0 Å². The smallest absolute Gasteiger partial charge is 0.472 e. The number of carbonyl (C=O) groups excluding carboxylic acids is 2. The van der Waals surface area contributed by atoms with E-state index in [0.29, 0.717) is 12.8 Å². The Morgan fingerprint density at radius 3 is 1.33 bits per heavy atom. The Hall–Kier alpha value is -2.30. The summed E-state index contributed by atoms with van der Waals surface area (Å²) in [6, 6.07) is -1.52. The lowest BCUT2D eigenvalue weighted by Gasteiger charge is -2.20. The van der Waals surface area contributed by atoms with Crippen molar-refractivity contribution >= 4 is 25.7 Å². The van der Waals surface area contributed by atoms with Gasteiger partial charge in [0.2, 0.25) is 0 Å². The maximum atomic E-state index is 12.7. The molecule has 0 aromatic rings. The lowest BCUT2D eigenvalue weighted by molar-refractivity contribution is -0.161. The second kappa shape index (κ2) is 43.4. The highest BCUT2D eigenvalue weighted by molar-refractivity contribution is 7.47. The molecule has 0 bridgehead atoms. The third kappa shape index (κ3) is 42.4. The predicted molar refractivity (Wildman–Crippen MR) is 245 cm³/mol. The van der Waals surface area contributed by atoms with Gasteiger partial charge in [0.15, 0.2) is 6.10 Å². The van der Waals surface area contributed by atoms with E-state index in [2.05, 4.69) is 54.8 Å². The number of nitrogens with two attached hydrogens (primary N) is 1. The SMILES string of the molecule is CCCCCC/C=C\C/C=C\CCCCCCCCCC(=O)OC(COC(=O)CCCCCCCCC/C=C\CCCCCCCCC)COP(=O)(O)OCC(N)C(=O)O. The Bertz CT molecular complexity index is 1160. The van der Waals surface area contributed by atoms with Gasteiger partial charge in [-0.3, -0.25) is 23.4 Å². The first-order valence-electron chi connectivity index (χ1n) is 24.0. The lowest BCUT2D eigenvalue weighted by Crippen LogP contribution is -2.34. The largest absolute Gasteiger partial charge is 0.480 e. The van der Waals surface area contributed by atoms with E-state index in [4.69, 9.17) is 24.8 Å². The number of rotatable bonds is 45. The molecule has 0 rings (SSSR count). The summed E-state index contributed by atoms with van der Waals surface area (Å²) in [6.07, 6.45) is 47.7. The third-order valence-electron chi connectivity index (χ3n) is 10.4. The molecule has 60 heavy (non-hydrogen) atoms. The number of carbonyl (C=O) groups is 3. The van der Waals surface area contributed by atoms with Gasteiger partial charge in [-0.05, 0) is 70.6 Å². The molecule has 0 aromatic carbocycles. The highest BCUT2D eigenvalue weighted by Gasteiger charge is 2.28. The average molecular weight is 870 g/mol. The normalized spacial score (nSPS) is 13.9. The Morgan fingerprint density at radius 1 is 0.517 bits per heavy atom. The summed E-state index contributed by atoms with van der Waals surface area (Å²) in [5.74, 6) is -2.39. The molecule has 0 aromatic heterocycles. The molecule has 11 nitrogen and oxygen atoms in total. The lowest BCUT2D eigenvalue weighted by atomic mass is 10.1. The van der Waals surface area contributed by atoms with Crippen molar-refractivity contribution in [3.63, 3.8) is 0 Å². The number of allylic oxidation sites excluding steroid dienone is 6. The molecule has 0 aliphatic rings. The van der Waals surface area contributed by atoms with Crippen LogP contribution in [0.3, 0.4) is 0 Å². The van der Waals surface area contributed by atoms with E-state index in [9.17, 15) is 23.8 Å². The molecular formula is C48H88NO10P. The zero-order valence-electron chi connectivity index (χ0n) is 38.1. The second-order valence-electron chi connectivity index (χ2n) is 16.2. The minimum Gasteiger partial charge on any atom is -0.480 e. The first-order chi connectivity index (χ1) is 29.1. The standard InChI is InChI=1S/C48H88NO10P/c1-3-5-7-9-11-13-15-17-19-21-23-25-27-29-31-33-35-37-39-46(50)56-41-44(42-57-60(54,55)58-43-45(49)48(52)53)59-47(51)40-38-36-34-32-30-28-26-24-22-20-18-16-14-12-10-8-6-4-2/h14,16,19-22,44-45H,3-13,15,17-18,23-43,49H2,1-2H3,(H,52,53)(H,54,55)/b16-14-,21-19-,22-20-. The molecule has 0 saturated carbocycles. The number of ether oxygens (including phenoxy) is 2. The number of carboxylic acids is 1. The van der Waals surface area contributed by atoms with Crippen molar-refractivity contribution in [2.75, 3.05) is 19.8 Å². The molecule has 4 N–H and O–H groups in total. The van der Waals surface area contributed by atoms with Gasteiger partial charge in [0.05, 0.1) is 13.2 Å². The third-order valence-corrected chi connectivity index (χ3v) is 11.3. The fraction of sp³-hybridized carbons (Fsp3) is 0.812. The van der Waals surface area contributed by atoms with Crippen molar-refractivity contribution in [1.29, 1.82) is 0 Å². The molecule has 0 saturated heterocycles. The van der Waals surface area contributed by atoms with Gasteiger partial charge in [-0.15, -0.1) is 0 Å². The van der Waals surface area contributed by atoms with Crippen molar-refractivity contribution < 1.29 is 47.5 Å². The van der Waals surface area contributed by atoms with Crippen LogP contribution >= 0.6 is 7.82 Å². The van der Waals surface area contributed by atoms with Crippen molar-refractivity contribution in [2.24, 2.45) is 5.73 Å². The van der Waals surface area contributed by atoms with E-state index in [1.165, 1.54) is 116 Å². The van der Waals surface area contributed by atoms with Gasteiger partial charge in [0.25, 0.3) is 0 Å². The van der Waals surface area contributed by atoms with Crippen LogP contribution < -0.4 is 5.73 Å². The molecule has 3 atom stereocenters. The summed E-state index contributed by atoms with van der Waals surface area (Å²) in [7, 11) is -4.72. The van der Waals surface area contributed by atoms with Gasteiger partial charge in [-0.25, -0.2) is 4.57 Å². The number of hydrogen-bond acceptors (Lipinski definition) is 9. The number of aliphatic carboxylic acids is 1. The zero-order chi connectivity index (χ0) is 44.2. The van der Waals surface area contributed by atoms with Crippen LogP contribution in [-0.2, 0) is 37.5 Å². The molecule has 0 aliphatic carbocycles. The molecule has 0 spiro atoms. The Balaban J connectivity index is 4.31. The van der Waals surface area contributed by atoms with Crippen LogP contribution in [0.1, 0.15) is 219 Å². The van der Waals surface area contributed by atoms with Crippen LogP contribution in [0.25, 0.3) is 0 Å². The number of hydrogen-bond donors (Lipinski definition) is 3. The van der Waals surface area contributed by atoms with Crippen LogP contribution in [0.5, 0.6) is 0 Å². The molecule has 0 heterocycles. The molecule has 0 fully saturated rings. The first kappa shape index (κ1) is 57.7. The molecular weight excluding hydrogens is 781 g/mol. The monoisotopic (exact) mass is 870 g/mol. The summed E-state index contributed by atoms with van der Waals surface area (Å²) in [4.78, 5) is 46.1. The number of phosphoric acid groups is 1. The van der Waals surface area contributed by atoms with Gasteiger partial charge in [-0.1, -0.05) is 172 Å². The van der Waals surface area contributed by atoms with E-state index in [-0.39, 0.29) is 19.4 Å². The average Bonchev–Trinajstić information content (AvgIpc) is 3.22. The summed E-state index contributed by atoms with van der Waals surface area (Å²) >= 11 is 0. The van der Waals surface area contributed by atoms with Crippen molar-refractivity contribution in [3.05, 3.63) is 36.5 Å². The summed E-state index contributed by atoms with van der Waals surface area (Å²) < 4.78 is 32.8. The van der Waals surface area contributed by atoms with E-state index in [1.807, 2.05) is 0 Å². The predicted octanol–water partition coefficient (Wildman–Crippen LogP) is 13.2. The first-order valence-corrected chi connectivity index (χ1v) is 25.5. The molecule has 0 amide bonds. The van der Waals surface area contributed by atoms with E-state index in [1.54, 1.807) is 0 Å². The topological polar surface area (TPSA) is 172 Å². The van der Waals surface area contributed by atoms with Crippen molar-refractivity contribution in [1.82, 2.24) is 0 Å². The molecule has 12 heteroatoms. The molecule has 0 aliphatic heterocycles. The minimum absolute atomic E-state index is 0.152. The van der Waals surface area contributed by atoms with Crippen LogP contribution in [0.4, 0.5) is 0 Å². The molecule has 3 unspecified atom stereocenters. The quantitative estimate of drug-likeness (QED) is 0.0230. The number of phosphoric ester groups is 1. The number of esters is 2. The maximum Gasteiger partial charge on any atom is 0.472 e. The molecule has 350 valence electrons. The fourth-order valence-corrected chi connectivity index (χ4v) is 7.34. The number of unbranched alkanes of at least 4 members (excludes halogenated alkanes) is 25. The van der Waals surface area contributed by atoms with Gasteiger partial charge in [-0.2, -0.15) is 0 Å². The summed E-state index contributed by atoms with van der Waals surface area (Å²) in [6.45, 7) is 2.79. The van der Waals surface area contributed by atoms with Crippen LogP contribution in [0.2, 0.25) is 0 Å². The van der Waals surface area contributed by atoms with Crippen molar-refractivity contribution in [2.45, 2.75) is 231 Å². The Kier molecular flexibility index (Phi) is 41.7. The van der Waals surface area contributed by atoms with Crippen LogP contribution in [-0.4, -0.2) is 59.9 Å².